The first-order valence-electron chi connectivity index (χ1n) is 9.21. The van der Waals surface area contributed by atoms with Gasteiger partial charge in [0.15, 0.2) is 0 Å². The van der Waals surface area contributed by atoms with Crippen molar-refractivity contribution in [2.24, 2.45) is 5.92 Å². The second-order valence-corrected chi connectivity index (χ2v) is 7.09. The van der Waals surface area contributed by atoms with Crippen LogP contribution >= 0.6 is 0 Å². The van der Waals surface area contributed by atoms with Crippen LogP contribution in [0.25, 0.3) is 0 Å². The summed E-state index contributed by atoms with van der Waals surface area (Å²) in [5.74, 6) is 0.302. The Morgan fingerprint density at radius 3 is 2.31 bits per heavy atom. The van der Waals surface area contributed by atoms with Crippen molar-refractivity contribution in [3.63, 3.8) is 0 Å². The fourth-order valence-corrected chi connectivity index (χ4v) is 3.30. The molecule has 1 atom stereocenters. The first-order valence-corrected chi connectivity index (χ1v) is 9.21. The van der Waals surface area contributed by atoms with Gasteiger partial charge in [-0.3, -0.25) is 9.59 Å². The lowest BCUT2D eigenvalue weighted by atomic mass is 10.2. The molecule has 5 nitrogen and oxygen atoms in total. The van der Waals surface area contributed by atoms with Gasteiger partial charge >= 0.3 is 0 Å². The van der Waals surface area contributed by atoms with Gasteiger partial charge in [0.25, 0.3) is 5.91 Å². The molecular formula is C21H23N3O2. The van der Waals surface area contributed by atoms with E-state index in [1.807, 2.05) is 47.4 Å². The molecular weight excluding hydrogens is 326 g/mol. The normalized spacial score (nSPS) is 19.2. The molecule has 0 spiro atoms. The molecule has 1 aliphatic carbocycles. The predicted octanol–water partition coefficient (Wildman–Crippen LogP) is 3.36. The summed E-state index contributed by atoms with van der Waals surface area (Å²) in [4.78, 5) is 26.4. The standard InChI is InChI=1S/C21H23N3O2/c25-20(15-6-7-15)23-18-10-8-16(9-11-18)21(26)24-13-12-19(14-24)22-17-4-2-1-3-5-17/h1-5,8-11,15,19,22H,6-7,12-14H2,(H,23,25)/t19-/m0/s1. The largest absolute Gasteiger partial charge is 0.380 e. The van der Waals surface area contributed by atoms with Crippen LogP contribution in [0.3, 0.4) is 0 Å². The van der Waals surface area contributed by atoms with Crippen molar-refractivity contribution in [1.29, 1.82) is 0 Å². The Balaban J connectivity index is 1.33. The van der Waals surface area contributed by atoms with Crippen LogP contribution in [0.15, 0.2) is 54.6 Å². The molecule has 0 aromatic heterocycles. The Morgan fingerprint density at radius 2 is 1.62 bits per heavy atom. The van der Waals surface area contributed by atoms with Crippen LogP contribution in [-0.4, -0.2) is 35.8 Å². The van der Waals surface area contributed by atoms with Crippen LogP contribution in [0.1, 0.15) is 29.6 Å². The van der Waals surface area contributed by atoms with Gasteiger partial charge in [0.1, 0.15) is 0 Å². The quantitative estimate of drug-likeness (QED) is 0.870. The van der Waals surface area contributed by atoms with Gasteiger partial charge in [0, 0.05) is 42.0 Å². The Hall–Kier alpha value is -2.82. The lowest BCUT2D eigenvalue weighted by Crippen LogP contribution is -2.31. The first-order chi connectivity index (χ1) is 12.7. The highest BCUT2D eigenvalue weighted by Gasteiger charge is 2.30. The van der Waals surface area contributed by atoms with E-state index >= 15 is 0 Å². The maximum Gasteiger partial charge on any atom is 0.253 e. The van der Waals surface area contributed by atoms with Gasteiger partial charge in [-0.2, -0.15) is 0 Å². The summed E-state index contributed by atoms with van der Waals surface area (Å²) in [7, 11) is 0. The third-order valence-corrected chi connectivity index (χ3v) is 4.97. The van der Waals surface area contributed by atoms with Gasteiger partial charge in [0.05, 0.1) is 0 Å². The highest BCUT2D eigenvalue weighted by atomic mass is 16.2. The van der Waals surface area contributed by atoms with Crippen LogP contribution in [0, 0.1) is 5.92 Å². The minimum atomic E-state index is 0.0439. The lowest BCUT2D eigenvalue weighted by molar-refractivity contribution is -0.117. The first kappa shape index (κ1) is 16.6. The second-order valence-electron chi connectivity index (χ2n) is 7.09. The fraction of sp³-hybridized carbons (Fsp3) is 0.333. The number of carbonyl (C=O) groups excluding carboxylic acids is 2. The minimum Gasteiger partial charge on any atom is -0.380 e. The van der Waals surface area contributed by atoms with Crippen LogP contribution in [0.4, 0.5) is 11.4 Å². The summed E-state index contributed by atoms with van der Waals surface area (Å²) in [5.41, 5.74) is 2.50. The van der Waals surface area contributed by atoms with Crippen LogP contribution in [-0.2, 0) is 4.79 Å². The zero-order valence-corrected chi connectivity index (χ0v) is 14.7. The van der Waals surface area contributed by atoms with Gasteiger partial charge in [-0.15, -0.1) is 0 Å². The SMILES string of the molecule is O=C(Nc1ccc(C(=O)N2CC[C@H](Nc3ccccc3)C2)cc1)C1CC1. The Kier molecular flexibility index (Phi) is 4.61. The molecule has 4 rings (SSSR count). The number of hydrogen-bond donors (Lipinski definition) is 2. The topological polar surface area (TPSA) is 61.4 Å². The Bertz CT molecular complexity index is 785. The molecule has 1 saturated carbocycles. The monoisotopic (exact) mass is 349 g/mol. The summed E-state index contributed by atoms with van der Waals surface area (Å²) < 4.78 is 0. The Morgan fingerprint density at radius 1 is 0.885 bits per heavy atom. The number of nitrogens with zero attached hydrogens (tertiary/aromatic N) is 1. The van der Waals surface area contributed by atoms with Crippen molar-refractivity contribution in [2.75, 3.05) is 23.7 Å². The summed E-state index contributed by atoms with van der Waals surface area (Å²) >= 11 is 0. The van der Waals surface area contributed by atoms with E-state index in [0.29, 0.717) is 12.1 Å². The third-order valence-electron chi connectivity index (χ3n) is 4.97. The minimum absolute atomic E-state index is 0.0439. The molecule has 1 saturated heterocycles. The Labute approximate surface area is 153 Å². The van der Waals surface area contributed by atoms with E-state index in [9.17, 15) is 9.59 Å². The zero-order valence-electron chi connectivity index (χ0n) is 14.7. The van der Waals surface area contributed by atoms with E-state index in [1.165, 1.54) is 0 Å². The molecule has 0 unspecified atom stereocenters. The zero-order chi connectivity index (χ0) is 17.9. The van der Waals surface area contributed by atoms with E-state index in [2.05, 4.69) is 10.6 Å². The summed E-state index contributed by atoms with van der Waals surface area (Å²) in [6.07, 6.45) is 2.90. The molecule has 0 radical (unpaired) electrons. The lowest BCUT2D eigenvalue weighted by Gasteiger charge is -2.18. The van der Waals surface area contributed by atoms with Crippen molar-refractivity contribution >= 4 is 23.2 Å². The molecule has 1 heterocycles. The highest BCUT2D eigenvalue weighted by Crippen LogP contribution is 2.30. The number of nitrogens with one attached hydrogen (secondary N) is 2. The van der Waals surface area contributed by atoms with E-state index in [-0.39, 0.29) is 23.8 Å². The van der Waals surface area contributed by atoms with E-state index < -0.39 is 0 Å². The van der Waals surface area contributed by atoms with Crippen molar-refractivity contribution < 1.29 is 9.59 Å². The summed E-state index contributed by atoms with van der Waals surface area (Å²) in [6, 6.07) is 17.6. The average molecular weight is 349 g/mol. The number of para-hydroxylation sites is 1. The van der Waals surface area contributed by atoms with Gasteiger partial charge < -0.3 is 15.5 Å². The van der Waals surface area contributed by atoms with Crippen molar-refractivity contribution in [3.8, 4) is 0 Å². The van der Waals surface area contributed by atoms with Gasteiger partial charge in [-0.05, 0) is 55.7 Å². The molecule has 2 aromatic rings. The number of likely N-dealkylation sites (tertiary alicyclic amines) is 1. The molecule has 2 aromatic carbocycles. The molecule has 2 fully saturated rings. The molecule has 2 amide bonds. The highest BCUT2D eigenvalue weighted by molar-refractivity contribution is 5.97. The average Bonchev–Trinajstić information content (AvgIpc) is 3.42. The number of rotatable bonds is 5. The van der Waals surface area contributed by atoms with E-state index in [0.717, 1.165) is 37.2 Å². The molecule has 134 valence electrons. The fourth-order valence-electron chi connectivity index (χ4n) is 3.30. The molecule has 1 aliphatic heterocycles. The number of benzene rings is 2. The van der Waals surface area contributed by atoms with Gasteiger partial charge in [0.2, 0.25) is 5.91 Å². The number of hydrogen-bond acceptors (Lipinski definition) is 3. The summed E-state index contributed by atoms with van der Waals surface area (Å²) in [5, 5.41) is 6.38. The number of anilines is 2. The van der Waals surface area contributed by atoms with Crippen molar-refractivity contribution in [3.05, 3.63) is 60.2 Å². The third kappa shape index (κ3) is 3.87. The maximum atomic E-state index is 12.7. The molecule has 2 aliphatic rings. The van der Waals surface area contributed by atoms with Crippen LogP contribution < -0.4 is 10.6 Å². The second kappa shape index (κ2) is 7.20. The van der Waals surface area contributed by atoms with Crippen LogP contribution in [0.2, 0.25) is 0 Å². The maximum absolute atomic E-state index is 12.7. The number of carbonyl (C=O) groups is 2. The van der Waals surface area contributed by atoms with Crippen LogP contribution in [0.5, 0.6) is 0 Å². The molecule has 2 N–H and O–H groups in total. The predicted molar refractivity (Wildman–Crippen MR) is 102 cm³/mol. The number of amides is 2. The molecule has 26 heavy (non-hydrogen) atoms. The molecule has 0 bridgehead atoms. The van der Waals surface area contributed by atoms with Gasteiger partial charge in [-0.1, -0.05) is 18.2 Å². The van der Waals surface area contributed by atoms with Gasteiger partial charge in [-0.25, -0.2) is 0 Å². The summed E-state index contributed by atoms with van der Waals surface area (Å²) in [6.45, 7) is 1.46. The van der Waals surface area contributed by atoms with E-state index in [4.69, 9.17) is 0 Å². The van der Waals surface area contributed by atoms with Crippen molar-refractivity contribution in [1.82, 2.24) is 4.90 Å². The molecule has 5 heteroatoms. The van der Waals surface area contributed by atoms with Crippen molar-refractivity contribution in [2.45, 2.75) is 25.3 Å². The smallest absolute Gasteiger partial charge is 0.253 e. The van der Waals surface area contributed by atoms with E-state index in [1.54, 1.807) is 12.1 Å².